The number of halogens is 1. The van der Waals surface area contributed by atoms with Gasteiger partial charge in [0.2, 0.25) is 0 Å². The number of hydrogen-bond acceptors (Lipinski definition) is 3. The van der Waals surface area contributed by atoms with E-state index in [0.29, 0.717) is 0 Å². The molecule has 2 unspecified atom stereocenters. The number of pyridine rings is 1. The Kier molecular flexibility index (Phi) is 3.94. The van der Waals surface area contributed by atoms with Crippen LogP contribution in [0.4, 0.5) is 5.82 Å². The summed E-state index contributed by atoms with van der Waals surface area (Å²) in [6.45, 7) is 2.10. The van der Waals surface area contributed by atoms with E-state index in [1.807, 2.05) is 19.2 Å². The molecule has 0 amide bonds. The van der Waals surface area contributed by atoms with Crippen LogP contribution in [-0.2, 0) is 6.54 Å². The predicted octanol–water partition coefficient (Wildman–Crippen LogP) is 3.54. The molecule has 1 aliphatic heterocycles. The molecule has 1 saturated carbocycles. The molecule has 19 heavy (non-hydrogen) atoms. The van der Waals surface area contributed by atoms with Crippen LogP contribution in [0.3, 0.4) is 0 Å². The lowest BCUT2D eigenvalue weighted by atomic mass is 9.85. The number of nitrogens with one attached hydrogen (secondary N) is 1. The summed E-state index contributed by atoms with van der Waals surface area (Å²) in [5.74, 6) is 1.82. The van der Waals surface area contributed by atoms with Crippen molar-refractivity contribution in [3.05, 3.63) is 22.8 Å². The second-order valence-corrected chi connectivity index (χ2v) is 6.15. The molecule has 3 rings (SSSR count). The summed E-state index contributed by atoms with van der Waals surface area (Å²) >= 11 is 6.29. The second kappa shape index (κ2) is 5.68. The van der Waals surface area contributed by atoms with E-state index in [0.717, 1.165) is 35.0 Å². The van der Waals surface area contributed by atoms with Gasteiger partial charge >= 0.3 is 0 Å². The number of rotatable bonds is 3. The van der Waals surface area contributed by atoms with Gasteiger partial charge < -0.3 is 5.32 Å². The van der Waals surface area contributed by atoms with Crippen molar-refractivity contribution in [3.8, 4) is 0 Å². The molecule has 2 fully saturated rings. The minimum atomic E-state index is 0.768. The minimum Gasteiger partial charge on any atom is -0.373 e. The van der Waals surface area contributed by atoms with E-state index in [4.69, 9.17) is 11.6 Å². The van der Waals surface area contributed by atoms with E-state index < -0.39 is 0 Å². The van der Waals surface area contributed by atoms with Gasteiger partial charge in [-0.3, -0.25) is 4.90 Å². The smallest absolute Gasteiger partial charge is 0.126 e. The van der Waals surface area contributed by atoms with Crippen LogP contribution in [0.5, 0.6) is 0 Å². The predicted molar refractivity (Wildman–Crippen MR) is 79.6 cm³/mol. The van der Waals surface area contributed by atoms with Crippen LogP contribution in [0.1, 0.15) is 37.8 Å². The lowest BCUT2D eigenvalue weighted by Gasteiger charge is -2.31. The SMILES string of the molecule is CNc1ccc(Cl)c(CN2CCC3CCCCC32)n1. The molecule has 0 bridgehead atoms. The lowest BCUT2D eigenvalue weighted by molar-refractivity contribution is 0.174. The van der Waals surface area contributed by atoms with E-state index in [2.05, 4.69) is 15.2 Å². The zero-order valence-corrected chi connectivity index (χ0v) is 12.3. The van der Waals surface area contributed by atoms with Crippen molar-refractivity contribution in [1.29, 1.82) is 0 Å². The number of hydrogen-bond donors (Lipinski definition) is 1. The fourth-order valence-electron chi connectivity index (χ4n) is 3.63. The molecule has 3 nitrogen and oxygen atoms in total. The summed E-state index contributed by atoms with van der Waals surface area (Å²) < 4.78 is 0. The number of anilines is 1. The zero-order chi connectivity index (χ0) is 13.2. The first kappa shape index (κ1) is 13.2. The van der Waals surface area contributed by atoms with Gasteiger partial charge in [0.15, 0.2) is 0 Å². The van der Waals surface area contributed by atoms with Crippen molar-refractivity contribution in [1.82, 2.24) is 9.88 Å². The van der Waals surface area contributed by atoms with Crippen LogP contribution in [0, 0.1) is 5.92 Å². The van der Waals surface area contributed by atoms with E-state index in [1.54, 1.807) is 0 Å². The normalized spacial score (nSPS) is 27.3. The minimum absolute atomic E-state index is 0.768. The Hall–Kier alpha value is -0.800. The number of nitrogens with zero attached hydrogens (tertiary/aromatic N) is 2. The Balaban J connectivity index is 1.74. The summed E-state index contributed by atoms with van der Waals surface area (Å²) in [5, 5.41) is 3.88. The topological polar surface area (TPSA) is 28.2 Å². The van der Waals surface area contributed by atoms with E-state index >= 15 is 0 Å². The van der Waals surface area contributed by atoms with Crippen molar-refractivity contribution in [2.75, 3.05) is 18.9 Å². The molecular formula is C15H22ClN3. The molecule has 2 heterocycles. The summed E-state index contributed by atoms with van der Waals surface area (Å²) in [5.41, 5.74) is 1.01. The molecule has 1 aromatic rings. The molecule has 1 aromatic heterocycles. The highest BCUT2D eigenvalue weighted by atomic mass is 35.5. The summed E-state index contributed by atoms with van der Waals surface area (Å²) in [6.07, 6.45) is 6.93. The first-order chi connectivity index (χ1) is 9.28. The van der Waals surface area contributed by atoms with Crippen molar-refractivity contribution in [3.63, 3.8) is 0 Å². The van der Waals surface area contributed by atoms with Crippen LogP contribution in [0.2, 0.25) is 5.02 Å². The van der Waals surface area contributed by atoms with Gasteiger partial charge in [0.1, 0.15) is 5.82 Å². The van der Waals surface area contributed by atoms with E-state index in [-0.39, 0.29) is 0 Å². The maximum atomic E-state index is 6.29. The monoisotopic (exact) mass is 279 g/mol. The summed E-state index contributed by atoms with van der Waals surface area (Å²) in [6, 6.07) is 4.65. The summed E-state index contributed by atoms with van der Waals surface area (Å²) in [4.78, 5) is 7.20. The fourth-order valence-corrected chi connectivity index (χ4v) is 3.79. The van der Waals surface area contributed by atoms with Gasteiger partial charge in [-0.2, -0.15) is 0 Å². The molecule has 1 aliphatic carbocycles. The molecule has 2 aliphatic rings. The average molecular weight is 280 g/mol. The van der Waals surface area contributed by atoms with E-state index in [9.17, 15) is 0 Å². The van der Waals surface area contributed by atoms with Crippen molar-refractivity contribution in [2.45, 2.75) is 44.7 Å². The van der Waals surface area contributed by atoms with Gasteiger partial charge in [-0.05, 0) is 43.9 Å². The van der Waals surface area contributed by atoms with Gasteiger partial charge in [-0.15, -0.1) is 0 Å². The third-order valence-corrected chi connectivity index (χ3v) is 5.00. The molecule has 1 N–H and O–H groups in total. The fraction of sp³-hybridized carbons (Fsp3) is 0.667. The Morgan fingerprint density at radius 2 is 2.16 bits per heavy atom. The third-order valence-electron chi connectivity index (χ3n) is 4.65. The van der Waals surface area contributed by atoms with Gasteiger partial charge in [-0.1, -0.05) is 24.4 Å². The standard InChI is InChI=1S/C15H22ClN3/c1-17-15-7-6-12(16)13(18-15)10-19-9-8-11-4-2-3-5-14(11)19/h6-7,11,14H,2-5,8-10H2,1H3,(H,17,18). The van der Waals surface area contributed by atoms with Gasteiger partial charge in [-0.25, -0.2) is 4.98 Å². The van der Waals surface area contributed by atoms with Crippen LogP contribution in [0.25, 0.3) is 0 Å². The molecule has 104 valence electrons. The largest absolute Gasteiger partial charge is 0.373 e. The molecule has 1 saturated heterocycles. The highest BCUT2D eigenvalue weighted by Crippen LogP contribution is 2.37. The Bertz CT molecular complexity index is 449. The average Bonchev–Trinajstić information content (AvgIpc) is 2.85. The van der Waals surface area contributed by atoms with E-state index in [1.165, 1.54) is 38.6 Å². The molecule has 4 heteroatoms. The highest BCUT2D eigenvalue weighted by molar-refractivity contribution is 6.31. The molecule has 2 atom stereocenters. The van der Waals surface area contributed by atoms with Crippen LogP contribution in [0.15, 0.2) is 12.1 Å². The lowest BCUT2D eigenvalue weighted by Crippen LogP contribution is -2.34. The molecule has 0 radical (unpaired) electrons. The Morgan fingerprint density at radius 1 is 1.32 bits per heavy atom. The van der Waals surface area contributed by atoms with Gasteiger partial charge in [0, 0.05) is 19.6 Å². The van der Waals surface area contributed by atoms with Gasteiger partial charge in [0.05, 0.1) is 10.7 Å². The second-order valence-electron chi connectivity index (χ2n) is 5.75. The number of fused-ring (bicyclic) bond motifs is 1. The first-order valence-corrected chi connectivity index (χ1v) is 7.73. The van der Waals surface area contributed by atoms with Crippen LogP contribution in [-0.4, -0.2) is 29.5 Å². The molecular weight excluding hydrogens is 258 g/mol. The van der Waals surface area contributed by atoms with Crippen molar-refractivity contribution < 1.29 is 0 Å². The third kappa shape index (κ3) is 2.72. The maximum Gasteiger partial charge on any atom is 0.126 e. The zero-order valence-electron chi connectivity index (χ0n) is 11.5. The van der Waals surface area contributed by atoms with Gasteiger partial charge in [0.25, 0.3) is 0 Å². The highest BCUT2D eigenvalue weighted by Gasteiger charge is 2.35. The first-order valence-electron chi connectivity index (χ1n) is 7.35. The maximum absolute atomic E-state index is 6.29. The number of aromatic nitrogens is 1. The Morgan fingerprint density at radius 3 is 3.00 bits per heavy atom. The number of likely N-dealkylation sites (tertiary alicyclic amines) is 1. The molecule has 0 aromatic carbocycles. The van der Waals surface area contributed by atoms with Crippen LogP contribution >= 0.6 is 11.6 Å². The molecule has 0 spiro atoms. The van der Waals surface area contributed by atoms with Crippen molar-refractivity contribution >= 4 is 17.4 Å². The summed E-state index contributed by atoms with van der Waals surface area (Å²) in [7, 11) is 1.90. The van der Waals surface area contributed by atoms with Crippen molar-refractivity contribution in [2.24, 2.45) is 5.92 Å². The quantitative estimate of drug-likeness (QED) is 0.917. The van der Waals surface area contributed by atoms with Crippen LogP contribution < -0.4 is 5.32 Å². The Labute approximate surface area is 120 Å².